The number of nitrogens with one attached hydrogen (secondary N) is 2. The van der Waals surface area contributed by atoms with Gasteiger partial charge in [-0.2, -0.15) is 0 Å². The van der Waals surface area contributed by atoms with E-state index < -0.39 is 20.3 Å². The van der Waals surface area contributed by atoms with E-state index in [1.807, 2.05) is 69.6 Å². The van der Waals surface area contributed by atoms with E-state index in [2.05, 4.69) is 105 Å². The summed E-state index contributed by atoms with van der Waals surface area (Å²) in [5.74, 6) is 1.13. The monoisotopic (exact) mass is 1060 g/mol. The van der Waals surface area contributed by atoms with Crippen molar-refractivity contribution in [3.63, 3.8) is 0 Å². The minimum Gasteiger partial charge on any atom is -0.474 e. The standard InChI is InChI=1S/C56H78N10O7SSi/c1-35(2)51(55(68)66-31-42(73-75(10,11)56(6,7)8)28-46(66)54(67)59-36(3)39-16-18-40(19-17-39)52-38(5)57-33-74-52)49-30-50(62-72-49)70-27-26-63-22-20-41(21-23-63)64-24-25-65-45-29-44(43-14-12-13-15-48(43)71-34-69-9)60-61-53(45)58-37(4)47(65)32-64/h12-19,29-30,33,35-37,41-42,46-47,51H,20-28,31-32,34H2,1-11H3,(H,58,61)(H,59,67)/t36-,37-,42+,46-,47-,51+/m0/s1. The van der Waals surface area contributed by atoms with Crippen LogP contribution in [0, 0.1) is 12.8 Å². The Balaban J connectivity index is 0.786. The maximum absolute atomic E-state index is 14.9. The zero-order valence-corrected chi connectivity index (χ0v) is 47.6. The Kier molecular flexibility index (Phi) is 16.7. The molecule has 4 aliphatic rings. The molecule has 2 aromatic carbocycles. The van der Waals surface area contributed by atoms with Gasteiger partial charge in [-0.15, -0.1) is 21.5 Å². The maximum Gasteiger partial charge on any atom is 0.254 e. The molecule has 0 unspecified atom stereocenters. The van der Waals surface area contributed by atoms with Gasteiger partial charge in [0.15, 0.2) is 26.7 Å². The highest BCUT2D eigenvalue weighted by Crippen LogP contribution is 2.42. The SMILES string of the molecule is COCOc1ccccc1-c1cc2c(nn1)N[C@@H](C)[C@@H]1CN(C3CCN(CCOc4cc([C@H](C(=O)N5C[C@H](O[Si](C)(C)C(C)(C)C)C[C@H]5C(=O)N[C@@H](C)c5ccc(-c6scnc6C)cc5)C(C)C)on4)CC3)CCN21. The summed E-state index contributed by atoms with van der Waals surface area (Å²) in [5, 5.41) is 20.4. The van der Waals surface area contributed by atoms with Gasteiger partial charge in [0.2, 0.25) is 11.8 Å². The molecule has 0 bridgehead atoms. The van der Waals surface area contributed by atoms with Crippen molar-refractivity contribution < 1.29 is 32.7 Å². The van der Waals surface area contributed by atoms with Gasteiger partial charge in [-0.05, 0) is 105 Å². The summed E-state index contributed by atoms with van der Waals surface area (Å²) in [5.41, 5.74) is 7.67. The maximum atomic E-state index is 14.9. The number of rotatable bonds is 18. The van der Waals surface area contributed by atoms with E-state index in [0.29, 0.717) is 49.0 Å². The molecular weight excluding hydrogens is 985 g/mol. The van der Waals surface area contributed by atoms with Crippen LogP contribution in [-0.4, -0.2) is 152 Å². The Morgan fingerprint density at radius 3 is 2.44 bits per heavy atom. The van der Waals surface area contributed by atoms with Gasteiger partial charge in [-0.25, -0.2) is 4.98 Å². The molecule has 75 heavy (non-hydrogen) atoms. The summed E-state index contributed by atoms with van der Waals surface area (Å²) in [6.07, 6.45) is 2.30. The van der Waals surface area contributed by atoms with E-state index in [1.165, 1.54) is 0 Å². The number of amides is 2. The van der Waals surface area contributed by atoms with Crippen LogP contribution in [0.3, 0.4) is 0 Å². The van der Waals surface area contributed by atoms with Crippen LogP contribution in [0.15, 0.2) is 70.7 Å². The highest BCUT2D eigenvalue weighted by Gasteiger charge is 2.48. The number of carbonyl (C=O) groups is 2. The third-order valence-electron chi connectivity index (χ3n) is 16.3. The number of likely N-dealkylation sites (tertiary alicyclic amines) is 2. The third-order valence-corrected chi connectivity index (χ3v) is 21.9. The number of ether oxygens (including phenoxy) is 3. The molecule has 7 heterocycles. The van der Waals surface area contributed by atoms with Crippen molar-refractivity contribution in [1.29, 1.82) is 0 Å². The number of piperazine rings is 1. The molecule has 4 aliphatic heterocycles. The highest BCUT2D eigenvalue weighted by atomic mass is 32.1. The zero-order chi connectivity index (χ0) is 53.2. The molecular formula is C56H78N10O7SSi. The van der Waals surface area contributed by atoms with Gasteiger partial charge in [0.25, 0.3) is 5.88 Å². The van der Waals surface area contributed by atoms with Crippen molar-refractivity contribution >= 4 is 43.0 Å². The molecule has 0 aliphatic carbocycles. The topological polar surface area (TPSA) is 173 Å². The van der Waals surface area contributed by atoms with Gasteiger partial charge in [-0.1, -0.05) is 71.0 Å². The number of para-hydroxylation sites is 1. The summed E-state index contributed by atoms with van der Waals surface area (Å²) in [4.78, 5) is 44.2. The quantitative estimate of drug-likeness (QED) is 0.0629. The minimum absolute atomic E-state index is 0.0381. The van der Waals surface area contributed by atoms with Gasteiger partial charge in [-0.3, -0.25) is 19.4 Å². The van der Waals surface area contributed by atoms with Gasteiger partial charge in [0, 0.05) is 70.0 Å². The van der Waals surface area contributed by atoms with Crippen molar-refractivity contribution in [2.75, 3.05) is 76.5 Å². The molecule has 2 N–H and O–H groups in total. The number of benzene rings is 2. The van der Waals surface area contributed by atoms with E-state index in [1.54, 1.807) is 29.4 Å². The van der Waals surface area contributed by atoms with Crippen molar-refractivity contribution in [2.24, 2.45) is 5.92 Å². The molecule has 0 saturated carbocycles. The van der Waals surface area contributed by atoms with Crippen LogP contribution in [0.1, 0.15) is 96.7 Å². The average Bonchev–Trinajstić information content (AvgIpc) is 4.16. The second-order valence-corrected chi connectivity index (χ2v) is 28.4. The van der Waals surface area contributed by atoms with E-state index >= 15 is 0 Å². The Morgan fingerprint density at radius 1 is 0.973 bits per heavy atom. The Labute approximate surface area is 448 Å². The molecule has 0 radical (unpaired) electrons. The summed E-state index contributed by atoms with van der Waals surface area (Å²) in [6, 6.07) is 20.0. The first kappa shape index (κ1) is 54.4. The number of aromatic nitrogens is 4. The number of fused-ring (bicyclic) bond motifs is 3. The number of piperidine rings is 1. The van der Waals surface area contributed by atoms with Gasteiger partial charge in [0.05, 0.1) is 45.7 Å². The summed E-state index contributed by atoms with van der Waals surface area (Å²) < 4.78 is 30.1. The first-order valence-corrected chi connectivity index (χ1v) is 30.6. The molecule has 19 heteroatoms. The lowest BCUT2D eigenvalue weighted by molar-refractivity contribution is -0.141. The van der Waals surface area contributed by atoms with Gasteiger partial charge in [0.1, 0.15) is 24.3 Å². The molecule has 3 saturated heterocycles. The fourth-order valence-corrected chi connectivity index (χ4v) is 13.2. The predicted octanol–water partition coefficient (Wildman–Crippen LogP) is 9.00. The van der Waals surface area contributed by atoms with Gasteiger partial charge < -0.3 is 43.6 Å². The predicted molar refractivity (Wildman–Crippen MR) is 296 cm³/mol. The summed E-state index contributed by atoms with van der Waals surface area (Å²) in [7, 11) is -0.616. The fraction of sp³-hybridized carbons (Fsp3) is 0.571. The van der Waals surface area contributed by atoms with Crippen molar-refractivity contribution in [1.82, 2.24) is 40.4 Å². The first-order valence-electron chi connectivity index (χ1n) is 26.9. The number of anilines is 2. The molecule has 9 rings (SSSR count). The van der Waals surface area contributed by atoms with Crippen molar-refractivity contribution in [3.05, 3.63) is 83.2 Å². The number of methoxy groups -OCH3 is 1. The molecule has 0 spiro atoms. The molecule has 404 valence electrons. The van der Waals surface area contributed by atoms with E-state index in [4.69, 9.17) is 23.2 Å². The minimum atomic E-state index is -2.23. The van der Waals surface area contributed by atoms with E-state index in [-0.39, 0.29) is 47.8 Å². The van der Waals surface area contributed by atoms with E-state index in [9.17, 15) is 9.59 Å². The highest BCUT2D eigenvalue weighted by molar-refractivity contribution is 7.13. The molecule has 17 nitrogen and oxygen atoms in total. The lowest BCUT2D eigenvalue weighted by Crippen LogP contribution is -2.63. The van der Waals surface area contributed by atoms with Crippen molar-refractivity contribution in [2.45, 2.75) is 135 Å². The lowest BCUT2D eigenvalue weighted by Gasteiger charge is -2.51. The number of aryl methyl sites for hydroxylation is 1. The second-order valence-electron chi connectivity index (χ2n) is 22.8. The summed E-state index contributed by atoms with van der Waals surface area (Å²) in [6.45, 7) is 27.8. The largest absolute Gasteiger partial charge is 0.474 e. The van der Waals surface area contributed by atoms with Crippen LogP contribution in [0.25, 0.3) is 21.7 Å². The van der Waals surface area contributed by atoms with Gasteiger partial charge >= 0.3 is 0 Å². The Bertz CT molecular complexity index is 2740. The van der Waals surface area contributed by atoms with Crippen LogP contribution in [0.4, 0.5) is 11.5 Å². The number of hydrogen-bond donors (Lipinski definition) is 2. The third kappa shape index (κ3) is 12.1. The number of carbonyl (C=O) groups excluding carboxylic acids is 2. The number of nitrogens with zero attached hydrogens (tertiary/aromatic N) is 8. The Morgan fingerprint density at radius 2 is 1.73 bits per heavy atom. The molecule has 6 atom stereocenters. The first-order chi connectivity index (χ1) is 35.9. The van der Waals surface area contributed by atoms with Crippen LogP contribution < -0.4 is 25.0 Å². The van der Waals surface area contributed by atoms with Crippen LogP contribution >= 0.6 is 11.3 Å². The smallest absolute Gasteiger partial charge is 0.254 e. The summed E-state index contributed by atoms with van der Waals surface area (Å²) >= 11 is 1.61. The molecule has 3 aromatic heterocycles. The second kappa shape index (κ2) is 23.0. The zero-order valence-electron chi connectivity index (χ0n) is 45.8. The average molecular weight is 1060 g/mol. The van der Waals surface area contributed by atoms with Crippen molar-refractivity contribution in [3.8, 4) is 33.3 Å². The lowest BCUT2D eigenvalue weighted by atomic mass is 9.91. The Hall–Kier alpha value is -5.44. The molecule has 5 aromatic rings. The fourth-order valence-electron chi connectivity index (χ4n) is 11.0. The van der Waals surface area contributed by atoms with Crippen LogP contribution in [0.2, 0.25) is 18.1 Å². The van der Waals surface area contributed by atoms with E-state index in [0.717, 1.165) is 96.6 Å². The molecule has 2 amide bonds. The van der Waals surface area contributed by atoms with Crippen LogP contribution in [0.5, 0.6) is 11.6 Å². The normalized spacial score (nSPS) is 21.6. The van der Waals surface area contributed by atoms with Crippen LogP contribution in [-0.2, 0) is 18.8 Å². The number of hydrogen-bond acceptors (Lipinski definition) is 16. The number of thiazole rings is 1. The molecule has 3 fully saturated rings.